The summed E-state index contributed by atoms with van der Waals surface area (Å²) in [6.07, 6.45) is 0.833. The van der Waals surface area contributed by atoms with Crippen LogP contribution in [0.3, 0.4) is 0 Å². The SMILES string of the molecule is CCN(CC(CCO)NC)C(C)C. The first-order valence-corrected chi connectivity index (χ1v) is 5.17. The van der Waals surface area contributed by atoms with Crippen molar-refractivity contribution in [2.24, 2.45) is 0 Å². The van der Waals surface area contributed by atoms with E-state index in [9.17, 15) is 0 Å². The maximum absolute atomic E-state index is 8.83. The highest BCUT2D eigenvalue weighted by molar-refractivity contribution is 4.71. The van der Waals surface area contributed by atoms with Gasteiger partial charge in [-0.3, -0.25) is 4.90 Å². The summed E-state index contributed by atoms with van der Waals surface area (Å²) in [5.74, 6) is 0. The number of nitrogens with zero attached hydrogens (tertiary/aromatic N) is 1. The molecule has 0 aliphatic carbocycles. The summed E-state index contributed by atoms with van der Waals surface area (Å²) in [5.41, 5.74) is 0. The van der Waals surface area contributed by atoms with Crippen LogP contribution < -0.4 is 5.32 Å². The summed E-state index contributed by atoms with van der Waals surface area (Å²) in [4.78, 5) is 2.40. The standard InChI is InChI=1S/C10H24N2O/c1-5-12(9(2)3)8-10(11-4)6-7-13/h9-11,13H,5-8H2,1-4H3. The summed E-state index contributed by atoms with van der Waals surface area (Å²) in [5, 5.41) is 12.1. The Hall–Kier alpha value is -0.120. The molecule has 0 heterocycles. The summed E-state index contributed by atoms with van der Waals surface area (Å²) in [6.45, 7) is 8.93. The Balaban J connectivity index is 3.87. The zero-order valence-corrected chi connectivity index (χ0v) is 9.38. The van der Waals surface area contributed by atoms with Gasteiger partial charge in [-0.2, -0.15) is 0 Å². The number of aliphatic hydroxyl groups excluding tert-OH is 1. The van der Waals surface area contributed by atoms with Gasteiger partial charge in [0.15, 0.2) is 0 Å². The van der Waals surface area contributed by atoms with E-state index in [2.05, 4.69) is 31.0 Å². The second-order valence-corrected chi connectivity index (χ2v) is 3.68. The van der Waals surface area contributed by atoms with E-state index in [0.29, 0.717) is 12.1 Å². The van der Waals surface area contributed by atoms with Gasteiger partial charge in [-0.15, -0.1) is 0 Å². The maximum atomic E-state index is 8.83. The van der Waals surface area contributed by atoms with E-state index in [4.69, 9.17) is 5.11 Å². The highest BCUT2D eigenvalue weighted by atomic mass is 16.3. The van der Waals surface area contributed by atoms with Crippen molar-refractivity contribution in [2.75, 3.05) is 26.7 Å². The van der Waals surface area contributed by atoms with Crippen molar-refractivity contribution in [1.29, 1.82) is 0 Å². The molecule has 0 saturated heterocycles. The first-order chi connectivity index (χ1) is 6.15. The largest absolute Gasteiger partial charge is 0.396 e. The topological polar surface area (TPSA) is 35.5 Å². The quantitative estimate of drug-likeness (QED) is 0.617. The number of hydrogen-bond acceptors (Lipinski definition) is 3. The van der Waals surface area contributed by atoms with Gasteiger partial charge in [-0.05, 0) is 33.9 Å². The van der Waals surface area contributed by atoms with E-state index in [1.807, 2.05) is 7.05 Å². The van der Waals surface area contributed by atoms with Crippen molar-refractivity contribution < 1.29 is 5.11 Å². The van der Waals surface area contributed by atoms with Crippen LogP contribution in [0.15, 0.2) is 0 Å². The monoisotopic (exact) mass is 188 g/mol. The molecule has 0 aliphatic heterocycles. The van der Waals surface area contributed by atoms with Crippen LogP contribution >= 0.6 is 0 Å². The van der Waals surface area contributed by atoms with E-state index in [-0.39, 0.29) is 6.61 Å². The van der Waals surface area contributed by atoms with Crippen LogP contribution in [0.2, 0.25) is 0 Å². The van der Waals surface area contributed by atoms with Crippen molar-refractivity contribution in [3.8, 4) is 0 Å². The van der Waals surface area contributed by atoms with Gasteiger partial charge in [0.2, 0.25) is 0 Å². The average molecular weight is 188 g/mol. The number of nitrogens with one attached hydrogen (secondary N) is 1. The summed E-state index contributed by atoms with van der Waals surface area (Å²) < 4.78 is 0. The Labute approximate surface area is 82.1 Å². The fourth-order valence-electron chi connectivity index (χ4n) is 1.47. The van der Waals surface area contributed by atoms with E-state index in [0.717, 1.165) is 19.5 Å². The summed E-state index contributed by atoms with van der Waals surface area (Å²) in [6, 6.07) is 0.992. The van der Waals surface area contributed by atoms with Crippen molar-refractivity contribution in [3.63, 3.8) is 0 Å². The molecule has 3 nitrogen and oxygen atoms in total. The van der Waals surface area contributed by atoms with Gasteiger partial charge in [0.1, 0.15) is 0 Å². The molecule has 2 N–H and O–H groups in total. The fourth-order valence-corrected chi connectivity index (χ4v) is 1.47. The van der Waals surface area contributed by atoms with Crippen molar-refractivity contribution in [2.45, 2.75) is 39.3 Å². The number of likely N-dealkylation sites (N-methyl/N-ethyl adjacent to an activating group) is 2. The third-order valence-corrected chi connectivity index (χ3v) is 2.48. The Morgan fingerprint density at radius 2 is 2.00 bits per heavy atom. The molecule has 0 bridgehead atoms. The maximum Gasteiger partial charge on any atom is 0.0446 e. The van der Waals surface area contributed by atoms with Gasteiger partial charge in [0.25, 0.3) is 0 Å². The molecule has 0 aliphatic rings. The molecule has 1 unspecified atom stereocenters. The highest BCUT2D eigenvalue weighted by Crippen LogP contribution is 2.01. The molecule has 0 saturated carbocycles. The minimum absolute atomic E-state index is 0.265. The van der Waals surface area contributed by atoms with Gasteiger partial charge in [0, 0.05) is 25.2 Å². The molecule has 0 radical (unpaired) electrons. The van der Waals surface area contributed by atoms with Gasteiger partial charge < -0.3 is 10.4 Å². The molecule has 0 aromatic carbocycles. The number of hydrogen-bond donors (Lipinski definition) is 2. The van der Waals surface area contributed by atoms with Gasteiger partial charge in [-0.25, -0.2) is 0 Å². The second-order valence-electron chi connectivity index (χ2n) is 3.68. The lowest BCUT2D eigenvalue weighted by molar-refractivity contribution is 0.188. The van der Waals surface area contributed by atoms with Crippen LogP contribution in [0.25, 0.3) is 0 Å². The van der Waals surface area contributed by atoms with Crippen LogP contribution in [0.4, 0.5) is 0 Å². The smallest absolute Gasteiger partial charge is 0.0446 e. The Morgan fingerprint density at radius 3 is 2.31 bits per heavy atom. The third kappa shape index (κ3) is 5.24. The molecule has 80 valence electrons. The van der Waals surface area contributed by atoms with Gasteiger partial charge >= 0.3 is 0 Å². The first kappa shape index (κ1) is 12.9. The normalized spacial score (nSPS) is 14.1. The van der Waals surface area contributed by atoms with Crippen LogP contribution in [0.1, 0.15) is 27.2 Å². The minimum atomic E-state index is 0.265. The Morgan fingerprint density at radius 1 is 1.38 bits per heavy atom. The summed E-state index contributed by atoms with van der Waals surface area (Å²) in [7, 11) is 1.95. The lowest BCUT2D eigenvalue weighted by Gasteiger charge is -2.29. The average Bonchev–Trinajstić information content (AvgIpc) is 2.11. The van der Waals surface area contributed by atoms with Crippen LogP contribution in [-0.2, 0) is 0 Å². The predicted molar refractivity (Wildman–Crippen MR) is 56.9 cm³/mol. The molecular formula is C10H24N2O. The number of aliphatic hydroxyl groups is 1. The van der Waals surface area contributed by atoms with E-state index in [1.165, 1.54) is 0 Å². The predicted octanol–water partition coefficient (Wildman–Crippen LogP) is 0.687. The lowest BCUT2D eigenvalue weighted by atomic mass is 10.2. The van der Waals surface area contributed by atoms with Crippen LogP contribution in [0.5, 0.6) is 0 Å². The van der Waals surface area contributed by atoms with Crippen molar-refractivity contribution in [3.05, 3.63) is 0 Å². The second kappa shape index (κ2) is 7.30. The molecule has 13 heavy (non-hydrogen) atoms. The van der Waals surface area contributed by atoms with Crippen molar-refractivity contribution in [1.82, 2.24) is 10.2 Å². The highest BCUT2D eigenvalue weighted by Gasteiger charge is 2.12. The van der Waals surface area contributed by atoms with Gasteiger partial charge in [-0.1, -0.05) is 6.92 Å². The molecule has 0 rings (SSSR count). The fraction of sp³-hybridized carbons (Fsp3) is 1.00. The molecule has 0 fully saturated rings. The molecular weight excluding hydrogens is 164 g/mol. The van der Waals surface area contributed by atoms with E-state index < -0.39 is 0 Å². The molecule has 0 aromatic heterocycles. The molecule has 0 aromatic rings. The first-order valence-electron chi connectivity index (χ1n) is 5.17. The molecule has 0 spiro atoms. The third-order valence-electron chi connectivity index (χ3n) is 2.48. The Kier molecular flexibility index (Phi) is 7.23. The van der Waals surface area contributed by atoms with E-state index in [1.54, 1.807) is 0 Å². The van der Waals surface area contributed by atoms with Gasteiger partial charge in [0.05, 0.1) is 0 Å². The Bertz CT molecular complexity index is 117. The molecule has 0 amide bonds. The zero-order chi connectivity index (χ0) is 10.3. The zero-order valence-electron chi connectivity index (χ0n) is 9.38. The number of rotatable bonds is 7. The molecule has 3 heteroatoms. The molecule has 1 atom stereocenters. The summed E-state index contributed by atoms with van der Waals surface area (Å²) >= 11 is 0. The van der Waals surface area contributed by atoms with Crippen LogP contribution in [-0.4, -0.2) is 48.8 Å². The van der Waals surface area contributed by atoms with E-state index >= 15 is 0 Å². The van der Waals surface area contributed by atoms with Crippen LogP contribution in [0, 0.1) is 0 Å². The lowest BCUT2D eigenvalue weighted by Crippen LogP contribution is -2.43. The van der Waals surface area contributed by atoms with Crippen molar-refractivity contribution >= 4 is 0 Å². The minimum Gasteiger partial charge on any atom is -0.396 e.